The first-order chi connectivity index (χ1) is 10.7. The van der Waals surface area contributed by atoms with Crippen LogP contribution >= 0.6 is 0 Å². The monoisotopic (exact) mass is 330 g/mol. The van der Waals surface area contributed by atoms with E-state index in [9.17, 15) is 22.8 Å². The number of halogens is 3. The number of nitrogens with one attached hydrogen (secondary N) is 1. The third-order valence-electron chi connectivity index (χ3n) is 2.37. The van der Waals surface area contributed by atoms with Crippen molar-refractivity contribution in [2.75, 3.05) is 6.54 Å². The lowest BCUT2D eigenvalue weighted by atomic mass is 10.2. The third kappa shape index (κ3) is 4.69. The van der Waals surface area contributed by atoms with Gasteiger partial charge >= 0.3 is 12.3 Å². The number of nitrogens with zero attached hydrogens (tertiary/aromatic N) is 2. The van der Waals surface area contributed by atoms with Gasteiger partial charge < -0.3 is 20.2 Å². The first kappa shape index (κ1) is 16.3. The Morgan fingerprint density at radius 2 is 2.13 bits per heavy atom. The van der Waals surface area contributed by atoms with Gasteiger partial charge in [0.2, 0.25) is 11.8 Å². The number of carbonyl (C=O) groups excluding carboxylic acids is 2. The highest BCUT2D eigenvalue weighted by Gasteiger charge is 2.28. The Morgan fingerprint density at radius 3 is 2.74 bits per heavy atom. The molecule has 23 heavy (non-hydrogen) atoms. The van der Waals surface area contributed by atoms with E-state index in [2.05, 4.69) is 14.7 Å². The Hall–Kier alpha value is -3.11. The maximum absolute atomic E-state index is 12.0. The number of hydrogen-bond acceptors (Lipinski definition) is 6. The van der Waals surface area contributed by atoms with Gasteiger partial charge in [-0.3, -0.25) is 4.79 Å². The number of hydrogen-bond donors (Lipinski definition) is 2. The van der Waals surface area contributed by atoms with E-state index in [0.29, 0.717) is 0 Å². The summed E-state index contributed by atoms with van der Waals surface area (Å²) in [5.41, 5.74) is 5.20. The second kappa shape index (κ2) is 6.34. The van der Waals surface area contributed by atoms with Crippen LogP contribution in [-0.2, 0) is 0 Å². The zero-order chi connectivity index (χ0) is 17.0. The molecule has 2 rings (SSSR count). The average Bonchev–Trinajstić information content (AvgIpc) is 2.95. The lowest BCUT2D eigenvalue weighted by Crippen LogP contribution is -2.35. The lowest BCUT2D eigenvalue weighted by molar-refractivity contribution is -0.123. The lowest BCUT2D eigenvalue weighted by Gasteiger charge is -2.08. The van der Waals surface area contributed by atoms with E-state index < -0.39 is 24.7 Å². The Bertz CT molecular complexity index is 729. The van der Waals surface area contributed by atoms with Crippen LogP contribution in [-0.4, -0.2) is 34.7 Å². The number of carbonyl (C=O) groups is 2. The van der Waals surface area contributed by atoms with Crippen LogP contribution in [0.3, 0.4) is 0 Å². The van der Waals surface area contributed by atoms with Gasteiger partial charge in [0.15, 0.2) is 5.69 Å². The number of ether oxygens (including phenoxy) is 1. The molecule has 0 saturated carbocycles. The number of nitrogens with two attached hydrogens (primary N) is 1. The molecule has 0 aliphatic heterocycles. The molecule has 0 bridgehead atoms. The molecule has 122 valence electrons. The Morgan fingerprint density at radius 1 is 1.39 bits per heavy atom. The van der Waals surface area contributed by atoms with Crippen molar-refractivity contribution >= 4 is 12.0 Å². The van der Waals surface area contributed by atoms with E-state index >= 15 is 0 Å². The minimum Gasteiger partial charge on any atom is -0.444 e. The Balaban J connectivity index is 2.07. The van der Waals surface area contributed by atoms with Crippen LogP contribution < -0.4 is 15.8 Å². The molecule has 2 aromatic rings. The normalized spacial score (nSPS) is 11.1. The molecule has 11 heteroatoms. The zero-order valence-corrected chi connectivity index (χ0v) is 11.3. The standard InChI is InChI=1S/C12H9F3N4O4/c13-12(14,15)5-18-11(21)23-8-3-6(1-2-17-8)10-19-7(4-22-10)9(16)20/h1-4H,5H2,(H2,16,20)(H,18,21). The predicted molar refractivity (Wildman–Crippen MR) is 68.3 cm³/mol. The summed E-state index contributed by atoms with van der Waals surface area (Å²) in [6.07, 6.45) is -3.63. The molecule has 0 unspecified atom stereocenters. The highest BCUT2D eigenvalue weighted by atomic mass is 19.4. The molecule has 2 heterocycles. The fourth-order valence-corrected chi connectivity index (χ4v) is 1.42. The molecule has 0 aromatic carbocycles. The van der Waals surface area contributed by atoms with E-state index in [1.54, 1.807) is 0 Å². The van der Waals surface area contributed by atoms with Crippen molar-refractivity contribution < 1.29 is 31.9 Å². The number of rotatable bonds is 4. The summed E-state index contributed by atoms with van der Waals surface area (Å²) in [5, 5.41) is 1.52. The SMILES string of the molecule is NC(=O)c1coc(-c2ccnc(OC(=O)NCC(F)(F)F)c2)n1. The van der Waals surface area contributed by atoms with Gasteiger partial charge in [-0.05, 0) is 6.07 Å². The first-order valence-corrected chi connectivity index (χ1v) is 5.99. The van der Waals surface area contributed by atoms with Gasteiger partial charge in [0.25, 0.3) is 5.91 Å². The van der Waals surface area contributed by atoms with Crippen LogP contribution in [0.4, 0.5) is 18.0 Å². The van der Waals surface area contributed by atoms with Gasteiger partial charge in [-0.1, -0.05) is 0 Å². The van der Waals surface area contributed by atoms with Gasteiger partial charge in [-0.15, -0.1) is 0 Å². The number of aromatic nitrogens is 2. The van der Waals surface area contributed by atoms with E-state index in [1.165, 1.54) is 23.6 Å². The third-order valence-corrected chi connectivity index (χ3v) is 2.37. The van der Waals surface area contributed by atoms with Crippen molar-refractivity contribution in [1.82, 2.24) is 15.3 Å². The molecular formula is C12H9F3N4O4. The van der Waals surface area contributed by atoms with Crippen molar-refractivity contribution in [1.29, 1.82) is 0 Å². The maximum Gasteiger partial charge on any atom is 0.414 e. The molecule has 0 spiro atoms. The predicted octanol–water partition coefficient (Wildman–Crippen LogP) is 1.49. The number of primary amides is 1. The van der Waals surface area contributed by atoms with E-state index in [-0.39, 0.29) is 23.0 Å². The second-order valence-electron chi connectivity index (χ2n) is 4.14. The van der Waals surface area contributed by atoms with Crippen molar-refractivity contribution in [2.45, 2.75) is 6.18 Å². The molecule has 8 nitrogen and oxygen atoms in total. The smallest absolute Gasteiger partial charge is 0.414 e. The first-order valence-electron chi connectivity index (χ1n) is 5.99. The molecule has 2 aromatic heterocycles. The number of pyridine rings is 1. The highest BCUT2D eigenvalue weighted by Crippen LogP contribution is 2.21. The van der Waals surface area contributed by atoms with Gasteiger partial charge in [-0.2, -0.15) is 13.2 Å². The summed E-state index contributed by atoms with van der Waals surface area (Å²) >= 11 is 0. The van der Waals surface area contributed by atoms with Crippen LogP contribution in [0.25, 0.3) is 11.5 Å². The zero-order valence-electron chi connectivity index (χ0n) is 11.3. The van der Waals surface area contributed by atoms with Crippen LogP contribution in [0, 0.1) is 0 Å². The average molecular weight is 330 g/mol. The minimum atomic E-state index is -4.56. The van der Waals surface area contributed by atoms with Crippen LogP contribution in [0.5, 0.6) is 5.88 Å². The van der Waals surface area contributed by atoms with Crippen LogP contribution in [0.15, 0.2) is 29.0 Å². The molecule has 0 aliphatic rings. The van der Waals surface area contributed by atoms with Crippen LogP contribution in [0.2, 0.25) is 0 Å². The summed E-state index contributed by atoms with van der Waals surface area (Å²) in [6, 6.07) is 2.63. The Labute approximate surface area is 126 Å². The quantitative estimate of drug-likeness (QED) is 0.876. The summed E-state index contributed by atoms with van der Waals surface area (Å²) in [4.78, 5) is 29.6. The molecular weight excluding hydrogens is 321 g/mol. The van der Waals surface area contributed by atoms with Gasteiger partial charge in [0.05, 0.1) is 0 Å². The highest BCUT2D eigenvalue weighted by molar-refractivity contribution is 5.90. The molecule has 0 atom stereocenters. The summed E-state index contributed by atoms with van der Waals surface area (Å²) < 4.78 is 45.5. The van der Waals surface area contributed by atoms with Gasteiger partial charge in [0.1, 0.15) is 12.8 Å². The number of alkyl halides is 3. The fourth-order valence-electron chi connectivity index (χ4n) is 1.42. The van der Waals surface area contributed by atoms with E-state index in [4.69, 9.17) is 10.2 Å². The molecule has 0 radical (unpaired) electrons. The van der Waals surface area contributed by atoms with Crippen molar-refractivity contribution in [2.24, 2.45) is 5.73 Å². The number of amides is 2. The molecule has 0 fully saturated rings. The summed E-state index contributed by atoms with van der Waals surface area (Å²) in [6.45, 7) is -1.53. The molecule has 0 saturated heterocycles. The second-order valence-corrected chi connectivity index (χ2v) is 4.14. The number of oxazole rings is 1. The molecule has 0 aliphatic carbocycles. The van der Waals surface area contributed by atoms with E-state index in [1.807, 2.05) is 0 Å². The largest absolute Gasteiger partial charge is 0.444 e. The van der Waals surface area contributed by atoms with Gasteiger partial charge in [0, 0.05) is 17.8 Å². The fraction of sp³-hybridized carbons (Fsp3) is 0.167. The Kier molecular flexibility index (Phi) is 4.48. The summed E-state index contributed by atoms with van der Waals surface area (Å²) in [5.74, 6) is -1.07. The maximum atomic E-state index is 12.0. The minimum absolute atomic E-state index is 0.00162. The van der Waals surface area contributed by atoms with Crippen molar-refractivity contribution in [3.05, 3.63) is 30.3 Å². The van der Waals surface area contributed by atoms with Crippen molar-refractivity contribution in [3.63, 3.8) is 0 Å². The van der Waals surface area contributed by atoms with Crippen LogP contribution in [0.1, 0.15) is 10.5 Å². The van der Waals surface area contributed by atoms with Crippen molar-refractivity contribution in [3.8, 4) is 17.3 Å². The summed E-state index contributed by atoms with van der Waals surface area (Å²) in [7, 11) is 0. The molecule has 2 amide bonds. The van der Waals surface area contributed by atoms with Gasteiger partial charge in [-0.25, -0.2) is 14.8 Å². The van der Waals surface area contributed by atoms with E-state index in [0.717, 1.165) is 6.26 Å². The molecule has 3 N–H and O–H groups in total. The topological polar surface area (TPSA) is 120 Å².